The van der Waals surface area contributed by atoms with E-state index in [0.717, 1.165) is 50.0 Å². The van der Waals surface area contributed by atoms with Crippen LogP contribution in [0.4, 0.5) is 0 Å². The highest BCUT2D eigenvalue weighted by molar-refractivity contribution is 5.95. The number of carbonyl (C=O) groups is 1. The van der Waals surface area contributed by atoms with E-state index in [4.69, 9.17) is 4.42 Å². The van der Waals surface area contributed by atoms with Gasteiger partial charge >= 0.3 is 0 Å². The molecule has 0 radical (unpaired) electrons. The lowest BCUT2D eigenvalue weighted by Crippen LogP contribution is -2.28. The molecule has 31 heavy (non-hydrogen) atoms. The highest BCUT2D eigenvalue weighted by Gasteiger charge is 2.20. The Morgan fingerprint density at radius 3 is 2.58 bits per heavy atom. The van der Waals surface area contributed by atoms with Gasteiger partial charge in [0, 0.05) is 32.6 Å². The summed E-state index contributed by atoms with van der Waals surface area (Å²) >= 11 is 0. The van der Waals surface area contributed by atoms with Crippen molar-refractivity contribution < 1.29 is 9.21 Å². The van der Waals surface area contributed by atoms with Crippen LogP contribution in [-0.4, -0.2) is 38.7 Å². The van der Waals surface area contributed by atoms with E-state index in [1.807, 2.05) is 6.92 Å². The summed E-state index contributed by atoms with van der Waals surface area (Å²) in [6.45, 7) is 12.1. The lowest BCUT2D eigenvalue weighted by atomic mass is 10.0. The van der Waals surface area contributed by atoms with E-state index in [1.165, 1.54) is 11.1 Å². The summed E-state index contributed by atoms with van der Waals surface area (Å²) in [6, 6.07) is 10.7. The predicted octanol–water partition coefficient (Wildman–Crippen LogP) is 3.60. The fraction of sp³-hybridized carbons (Fsp3) is 0.458. The van der Waals surface area contributed by atoms with Crippen LogP contribution in [0.3, 0.4) is 0 Å². The summed E-state index contributed by atoms with van der Waals surface area (Å²) in [5.41, 5.74) is 3.28. The predicted molar refractivity (Wildman–Crippen MR) is 119 cm³/mol. The molecule has 0 atom stereocenters. The van der Waals surface area contributed by atoms with Gasteiger partial charge in [-0.25, -0.2) is 0 Å². The smallest absolute Gasteiger partial charge is 0.255 e. The minimum absolute atomic E-state index is 0.146. The number of nitrogens with one attached hydrogen (secondary N) is 1. The largest absolute Gasteiger partial charge is 0.466 e. The Labute approximate surface area is 183 Å². The SMILES string of the molecule is Cc1cc(C(=O)NCc2nnc3n2CCN(Cc2ccc(C(C)C)cc2)CC3)c(C)o1. The first-order valence-electron chi connectivity index (χ1n) is 11.0. The van der Waals surface area contributed by atoms with E-state index < -0.39 is 0 Å². The summed E-state index contributed by atoms with van der Waals surface area (Å²) in [7, 11) is 0. The van der Waals surface area contributed by atoms with E-state index in [1.54, 1.807) is 13.0 Å². The maximum atomic E-state index is 12.5. The lowest BCUT2D eigenvalue weighted by Gasteiger charge is -2.20. The number of rotatable bonds is 6. The number of benzene rings is 1. The molecule has 164 valence electrons. The molecule has 3 heterocycles. The van der Waals surface area contributed by atoms with Gasteiger partial charge in [-0.15, -0.1) is 10.2 Å². The van der Waals surface area contributed by atoms with E-state index >= 15 is 0 Å². The van der Waals surface area contributed by atoms with Gasteiger partial charge in [0.25, 0.3) is 5.91 Å². The average Bonchev–Trinajstić information content (AvgIpc) is 3.23. The fourth-order valence-electron chi connectivity index (χ4n) is 4.09. The van der Waals surface area contributed by atoms with Crippen molar-refractivity contribution in [3.63, 3.8) is 0 Å². The van der Waals surface area contributed by atoms with E-state index in [2.05, 4.69) is 63.1 Å². The minimum Gasteiger partial charge on any atom is -0.466 e. The maximum absolute atomic E-state index is 12.5. The number of carbonyl (C=O) groups excluding carboxylic acids is 1. The van der Waals surface area contributed by atoms with Gasteiger partial charge in [-0.3, -0.25) is 9.69 Å². The van der Waals surface area contributed by atoms with Gasteiger partial charge in [-0.1, -0.05) is 38.1 Å². The Bertz CT molecular complexity index is 1050. The van der Waals surface area contributed by atoms with Crippen molar-refractivity contribution >= 4 is 5.91 Å². The van der Waals surface area contributed by atoms with Crippen LogP contribution in [0.5, 0.6) is 0 Å². The van der Waals surface area contributed by atoms with Crippen molar-refractivity contribution in [3.8, 4) is 0 Å². The number of furan rings is 1. The molecule has 0 spiro atoms. The Balaban J connectivity index is 1.36. The highest BCUT2D eigenvalue weighted by atomic mass is 16.3. The van der Waals surface area contributed by atoms with Crippen LogP contribution in [0.2, 0.25) is 0 Å². The lowest BCUT2D eigenvalue weighted by molar-refractivity contribution is 0.0948. The van der Waals surface area contributed by atoms with Gasteiger partial charge in [0.1, 0.15) is 17.3 Å². The third kappa shape index (κ3) is 4.88. The normalized spacial score (nSPS) is 14.5. The van der Waals surface area contributed by atoms with Crippen molar-refractivity contribution in [3.05, 3.63) is 70.2 Å². The van der Waals surface area contributed by atoms with Crippen LogP contribution in [0.15, 0.2) is 34.7 Å². The number of aromatic nitrogens is 3. The van der Waals surface area contributed by atoms with Crippen molar-refractivity contribution in [1.82, 2.24) is 25.0 Å². The number of fused-ring (bicyclic) bond motifs is 1. The molecule has 2 aromatic heterocycles. The van der Waals surface area contributed by atoms with Crippen molar-refractivity contribution in [2.24, 2.45) is 0 Å². The van der Waals surface area contributed by atoms with Crippen LogP contribution in [0, 0.1) is 13.8 Å². The summed E-state index contributed by atoms with van der Waals surface area (Å²) in [6.07, 6.45) is 0.852. The zero-order valence-corrected chi connectivity index (χ0v) is 18.8. The Hall–Kier alpha value is -2.93. The molecule has 3 aromatic rings. The first-order chi connectivity index (χ1) is 14.9. The molecule has 1 amide bonds. The maximum Gasteiger partial charge on any atom is 0.255 e. The first-order valence-corrected chi connectivity index (χ1v) is 11.0. The zero-order valence-electron chi connectivity index (χ0n) is 18.8. The Morgan fingerprint density at radius 2 is 1.90 bits per heavy atom. The monoisotopic (exact) mass is 421 g/mol. The zero-order chi connectivity index (χ0) is 22.0. The van der Waals surface area contributed by atoms with Crippen molar-refractivity contribution in [2.45, 2.75) is 59.7 Å². The standard InChI is InChI=1S/C24H31N5O2/c1-16(2)20-7-5-19(6-8-20)15-28-10-9-22-26-27-23(29(22)12-11-28)14-25-24(30)21-13-17(3)31-18(21)4/h5-8,13,16H,9-12,14-15H2,1-4H3,(H,25,30). The van der Waals surface area contributed by atoms with Crippen LogP contribution in [-0.2, 0) is 26.1 Å². The number of amides is 1. The third-order valence-corrected chi connectivity index (χ3v) is 5.94. The molecule has 1 aliphatic rings. The van der Waals surface area contributed by atoms with Gasteiger partial charge in [0.05, 0.1) is 12.1 Å². The molecule has 4 rings (SSSR count). The van der Waals surface area contributed by atoms with E-state index in [-0.39, 0.29) is 5.91 Å². The quantitative estimate of drug-likeness (QED) is 0.658. The highest BCUT2D eigenvalue weighted by Crippen LogP contribution is 2.17. The van der Waals surface area contributed by atoms with Gasteiger partial charge in [0.15, 0.2) is 5.82 Å². The Morgan fingerprint density at radius 1 is 1.13 bits per heavy atom. The molecule has 1 aromatic carbocycles. The van der Waals surface area contributed by atoms with Gasteiger partial charge < -0.3 is 14.3 Å². The van der Waals surface area contributed by atoms with E-state index in [0.29, 0.717) is 23.8 Å². The van der Waals surface area contributed by atoms with E-state index in [9.17, 15) is 4.79 Å². The molecule has 7 heteroatoms. The van der Waals surface area contributed by atoms with Crippen LogP contribution < -0.4 is 5.32 Å². The second-order valence-corrected chi connectivity index (χ2v) is 8.62. The molecule has 0 saturated heterocycles. The summed E-state index contributed by atoms with van der Waals surface area (Å²) in [4.78, 5) is 15.0. The summed E-state index contributed by atoms with van der Waals surface area (Å²) in [5.74, 6) is 3.55. The van der Waals surface area contributed by atoms with Crippen LogP contribution in [0.25, 0.3) is 0 Å². The van der Waals surface area contributed by atoms with Crippen molar-refractivity contribution in [1.29, 1.82) is 0 Å². The molecule has 0 bridgehead atoms. The average molecular weight is 422 g/mol. The molecule has 1 N–H and O–H groups in total. The summed E-state index contributed by atoms with van der Waals surface area (Å²) < 4.78 is 7.61. The number of aryl methyl sites for hydroxylation is 2. The molecular formula is C24H31N5O2. The molecule has 0 unspecified atom stereocenters. The molecule has 0 aliphatic carbocycles. The fourth-order valence-corrected chi connectivity index (χ4v) is 4.09. The minimum atomic E-state index is -0.146. The van der Waals surface area contributed by atoms with Crippen LogP contribution >= 0.6 is 0 Å². The first kappa shape index (κ1) is 21.3. The van der Waals surface area contributed by atoms with Crippen molar-refractivity contribution in [2.75, 3.05) is 13.1 Å². The van der Waals surface area contributed by atoms with Crippen LogP contribution in [0.1, 0.15) is 64.4 Å². The second kappa shape index (κ2) is 9.06. The molecular weight excluding hydrogens is 390 g/mol. The van der Waals surface area contributed by atoms with Gasteiger partial charge in [-0.05, 0) is 37.0 Å². The molecule has 7 nitrogen and oxygen atoms in total. The Kier molecular flexibility index (Phi) is 6.23. The number of hydrogen-bond acceptors (Lipinski definition) is 5. The van der Waals surface area contributed by atoms with Gasteiger partial charge in [-0.2, -0.15) is 0 Å². The molecule has 1 aliphatic heterocycles. The molecule has 0 saturated carbocycles. The number of nitrogens with zero attached hydrogens (tertiary/aromatic N) is 4. The third-order valence-electron chi connectivity index (χ3n) is 5.94. The van der Waals surface area contributed by atoms with Gasteiger partial charge in [0.2, 0.25) is 0 Å². The topological polar surface area (TPSA) is 76.2 Å². The summed E-state index contributed by atoms with van der Waals surface area (Å²) in [5, 5.41) is 11.7. The molecule has 0 fully saturated rings. The number of hydrogen-bond donors (Lipinski definition) is 1. The second-order valence-electron chi connectivity index (χ2n) is 8.62.